The molecule has 1 amide bonds. The van der Waals surface area contributed by atoms with Crippen molar-refractivity contribution in [2.45, 2.75) is 6.54 Å². The van der Waals surface area contributed by atoms with Gasteiger partial charge < -0.3 is 14.1 Å². The third-order valence-electron chi connectivity index (χ3n) is 3.92. The summed E-state index contributed by atoms with van der Waals surface area (Å²) in [4.78, 5) is 35.9. The van der Waals surface area contributed by atoms with Crippen LogP contribution >= 0.6 is 11.3 Å². The number of furan rings is 1. The number of likely N-dealkylation sites (N-methyl/N-ethyl adjacent to an activating group) is 1. The molecule has 2 heterocycles. The van der Waals surface area contributed by atoms with Crippen molar-refractivity contribution in [3.8, 4) is 11.3 Å². The number of nitro groups is 1. The van der Waals surface area contributed by atoms with Gasteiger partial charge >= 0.3 is 5.97 Å². The molecule has 0 N–H and O–H groups in total. The zero-order valence-electron chi connectivity index (χ0n) is 14.9. The molecule has 0 aliphatic heterocycles. The van der Waals surface area contributed by atoms with E-state index < -0.39 is 17.5 Å². The minimum Gasteiger partial charge on any atom is -0.450 e. The first-order valence-corrected chi connectivity index (χ1v) is 9.15. The van der Waals surface area contributed by atoms with E-state index in [0.717, 1.165) is 5.56 Å². The van der Waals surface area contributed by atoms with E-state index in [1.54, 1.807) is 24.5 Å². The molecule has 144 valence electrons. The Labute approximate surface area is 164 Å². The molecule has 8 nitrogen and oxygen atoms in total. The summed E-state index contributed by atoms with van der Waals surface area (Å²) in [6.45, 7) is 0.0396. The first-order chi connectivity index (χ1) is 13.4. The normalized spacial score (nSPS) is 10.5. The molecule has 0 radical (unpaired) electrons. The van der Waals surface area contributed by atoms with Gasteiger partial charge in [-0.05, 0) is 46.7 Å². The molecule has 0 spiro atoms. The second-order valence-electron chi connectivity index (χ2n) is 5.93. The fourth-order valence-electron chi connectivity index (χ4n) is 2.40. The summed E-state index contributed by atoms with van der Waals surface area (Å²) in [6, 6.07) is 10.6. The Morgan fingerprint density at radius 2 is 1.93 bits per heavy atom. The van der Waals surface area contributed by atoms with Gasteiger partial charge in [0.15, 0.2) is 6.61 Å². The van der Waals surface area contributed by atoms with Crippen LogP contribution in [0.3, 0.4) is 0 Å². The smallest absolute Gasteiger partial charge is 0.374 e. The van der Waals surface area contributed by atoms with Crippen molar-refractivity contribution in [1.82, 2.24) is 4.90 Å². The van der Waals surface area contributed by atoms with E-state index >= 15 is 0 Å². The quantitative estimate of drug-likeness (QED) is 0.340. The van der Waals surface area contributed by atoms with E-state index in [0.29, 0.717) is 17.9 Å². The second kappa shape index (κ2) is 8.49. The van der Waals surface area contributed by atoms with Gasteiger partial charge in [-0.15, -0.1) is 0 Å². The summed E-state index contributed by atoms with van der Waals surface area (Å²) >= 11 is 1.54. The fourth-order valence-corrected chi connectivity index (χ4v) is 3.06. The Bertz CT molecular complexity index is 978. The van der Waals surface area contributed by atoms with Crippen LogP contribution in [-0.4, -0.2) is 35.4 Å². The van der Waals surface area contributed by atoms with Crippen LogP contribution < -0.4 is 0 Å². The van der Waals surface area contributed by atoms with E-state index in [1.165, 1.54) is 35.2 Å². The van der Waals surface area contributed by atoms with Crippen LogP contribution in [0, 0.1) is 10.1 Å². The first kappa shape index (κ1) is 19.3. The highest BCUT2D eigenvalue weighted by Gasteiger charge is 2.17. The molecule has 0 fully saturated rings. The van der Waals surface area contributed by atoms with Crippen LogP contribution in [0.4, 0.5) is 5.69 Å². The van der Waals surface area contributed by atoms with Crippen LogP contribution in [0.2, 0.25) is 0 Å². The molecule has 28 heavy (non-hydrogen) atoms. The van der Waals surface area contributed by atoms with Crippen molar-refractivity contribution in [2.75, 3.05) is 13.7 Å². The topological polar surface area (TPSA) is 103 Å². The Hall–Kier alpha value is -3.46. The van der Waals surface area contributed by atoms with Gasteiger partial charge in [-0.1, -0.05) is 0 Å². The Morgan fingerprint density at radius 1 is 1.18 bits per heavy atom. The lowest BCUT2D eigenvalue weighted by Gasteiger charge is -2.16. The lowest BCUT2D eigenvalue weighted by molar-refractivity contribution is -0.384. The highest BCUT2D eigenvalue weighted by molar-refractivity contribution is 7.07. The van der Waals surface area contributed by atoms with Crippen LogP contribution in [0.1, 0.15) is 16.1 Å². The maximum absolute atomic E-state index is 12.1. The van der Waals surface area contributed by atoms with Gasteiger partial charge in [0.1, 0.15) is 5.76 Å². The van der Waals surface area contributed by atoms with Crippen LogP contribution in [-0.2, 0) is 16.1 Å². The van der Waals surface area contributed by atoms with Crippen molar-refractivity contribution in [3.05, 3.63) is 74.7 Å². The molecule has 0 saturated heterocycles. The molecule has 0 unspecified atom stereocenters. The van der Waals surface area contributed by atoms with Gasteiger partial charge in [0.2, 0.25) is 5.76 Å². The van der Waals surface area contributed by atoms with E-state index in [2.05, 4.69) is 0 Å². The summed E-state index contributed by atoms with van der Waals surface area (Å²) in [6.07, 6.45) is 0. The monoisotopic (exact) mass is 400 g/mol. The average Bonchev–Trinajstić information content (AvgIpc) is 3.38. The minimum absolute atomic E-state index is 0.0416. The van der Waals surface area contributed by atoms with Gasteiger partial charge in [0.05, 0.1) is 4.92 Å². The number of nitrogens with zero attached hydrogens (tertiary/aromatic N) is 2. The second-order valence-corrected chi connectivity index (χ2v) is 6.71. The van der Waals surface area contributed by atoms with Crippen molar-refractivity contribution in [3.63, 3.8) is 0 Å². The first-order valence-electron chi connectivity index (χ1n) is 8.21. The zero-order valence-corrected chi connectivity index (χ0v) is 15.7. The highest BCUT2D eigenvalue weighted by Crippen LogP contribution is 2.24. The fraction of sp³-hybridized carbons (Fsp3) is 0.158. The summed E-state index contributed by atoms with van der Waals surface area (Å²) in [7, 11) is 1.63. The van der Waals surface area contributed by atoms with Gasteiger partial charge in [0.25, 0.3) is 11.6 Å². The van der Waals surface area contributed by atoms with Gasteiger partial charge in [-0.2, -0.15) is 11.3 Å². The summed E-state index contributed by atoms with van der Waals surface area (Å²) < 4.78 is 10.5. The molecule has 0 aliphatic rings. The number of hydrogen-bond donors (Lipinski definition) is 0. The summed E-state index contributed by atoms with van der Waals surface area (Å²) in [5.74, 6) is -0.781. The predicted molar refractivity (Wildman–Crippen MR) is 102 cm³/mol. The number of ether oxygens (including phenoxy) is 1. The molecule has 3 aromatic rings. The van der Waals surface area contributed by atoms with Crippen molar-refractivity contribution in [1.29, 1.82) is 0 Å². The Morgan fingerprint density at radius 3 is 2.57 bits per heavy atom. The number of amides is 1. The molecule has 0 atom stereocenters. The third-order valence-corrected chi connectivity index (χ3v) is 4.65. The average molecular weight is 400 g/mol. The molecular formula is C19H16N2O6S. The molecule has 3 rings (SSSR count). The molecular weight excluding hydrogens is 384 g/mol. The lowest BCUT2D eigenvalue weighted by atomic mass is 10.1. The SMILES string of the molecule is CN(Cc1ccsc1)C(=O)COC(=O)c1ccc(-c2ccc([N+](=O)[O-])cc2)o1. The minimum atomic E-state index is -0.759. The Kier molecular flexibility index (Phi) is 5.85. The number of benzene rings is 1. The van der Waals surface area contributed by atoms with E-state index in [1.807, 2.05) is 16.8 Å². The molecule has 1 aromatic carbocycles. The van der Waals surface area contributed by atoms with Gasteiger partial charge in [0, 0.05) is 31.3 Å². The molecule has 0 bridgehead atoms. The predicted octanol–water partition coefficient (Wildman–Crippen LogP) is 3.73. The van der Waals surface area contributed by atoms with Crippen LogP contribution in [0.25, 0.3) is 11.3 Å². The summed E-state index contributed by atoms with van der Waals surface area (Å²) in [5.41, 5.74) is 1.54. The molecule has 0 saturated carbocycles. The van der Waals surface area contributed by atoms with Gasteiger partial charge in [-0.3, -0.25) is 14.9 Å². The van der Waals surface area contributed by atoms with Crippen molar-refractivity contribution >= 4 is 28.9 Å². The number of carbonyl (C=O) groups is 2. The number of thiophene rings is 1. The number of nitro benzene ring substituents is 1. The number of non-ortho nitro benzene ring substituents is 1. The molecule has 9 heteroatoms. The standard InChI is InChI=1S/C19H16N2O6S/c1-20(10-13-8-9-28-12-13)18(22)11-26-19(23)17-7-6-16(27-17)14-2-4-15(5-3-14)21(24)25/h2-9,12H,10-11H2,1H3. The van der Waals surface area contributed by atoms with E-state index in [-0.39, 0.29) is 17.4 Å². The maximum atomic E-state index is 12.1. The summed E-state index contributed by atoms with van der Waals surface area (Å²) in [5, 5.41) is 14.6. The van der Waals surface area contributed by atoms with Gasteiger partial charge in [-0.25, -0.2) is 4.79 Å². The number of hydrogen-bond acceptors (Lipinski definition) is 7. The highest BCUT2D eigenvalue weighted by atomic mass is 32.1. The lowest BCUT2D eigenvalue weighted by Crippen LogP contribution is -2.30. The van der Waals surface area contributed by atoms with Crippen molar-refractivity contribution in [2.24, 2.45) is 0 Å². The largest absolute Gasteiger partial charge is 0.450 e. The number of rotatable bonds is 7. The number of esters is 1. The maximum Gasteiger partial charge on any atom is 0.374 e. The molecule has 0 aliphatic carbocycles. The Balaban J connectivity index is 1.56. The van der Waals surface area contributed by atoms with Crippen molar-refractivity contribution < 1.29 is 23.7 Å². The van der Waals surface area contributed by atoms with E-state index in [9.17, 15) is 19.7 Å². The third kappa shape index (κ3) is 4.63. The molecule has 2 aromatic heterocycles. The van der Waals surface area contributed by atoms with E-state index in [4.69, 9.17) is 9.15 Å². The van der Waals surface area contributed by atoms with Crippen LogP contribution in [0.15, 0.2) is 57.6 Å². The zero-order chi connectivity index (χ0) is 20.1. The number of carbonyl (C=O) groups excluding carboxylic acids is 2. The van der Waals surface area contributed by atoms with Crippen LogP contribution in [0.5, 0.6) is 0 Å².